The smallest absolute Gasteiger partial charge is 0.232 e. The van der Waals surface area contributed by atoms with E-state index < -0.39 is 10.0 Å². The number of amides is 1. The van der Waals surface area contributed by atoms with Crippen LogP contribution in [0, 0.1) is 6.92 Å². The normalized spacial score (nSPS) is 16.1. The predicted octanol–water partition coefficient (Wildman–Crippen LogP) is 4.17. The third-order valence-electron chi connectivity index (χ3n) is 5.07. The Labute approximate surface area is 172 Å². The molecule has 0 radical (unpaired) electrons. The van der Waals surface area contributed by atoms with Crippen LogP contribution in [0.1, 0.15) is 30.9 Å². The van der Waals surface area contributed by atoms with Gasteiger partial charge in [-0.25, -0.2) is 8.42 Å². The van der Waals surface area contributed by atoms with Crippen LogP contribution in [-0.2, 0) is 21.2 Å². The van der Waals surface area contributed by atoms with Crippen molar-refractivity contribution < 1.29 is 13.2 Å². The van der Waals surface area contributed by atoms with Crippen LogP contribution in [0.5, 0.6) is 0 Å². The topological polar surface area (TPSA) is 57.7 Å². The quantitative estimate of drug-likeness (QED) is 0.704. The molecule has 0 spiro atoms. The highest BCUT2D eigenvalue weighted by molar-refractivity contribution is 7.92. The first-order valence-electron chi connectivity index (χ1n) is 9.32. The van der Waals surface area contributed by atoms with E-state index in [1.54, 1.807) is 18.2 Å². The van der Waals surface area contributed by atoms with Crippen LogP contribution in [0.3, 0.4) is 0 Å². The fourth-order valence-electron chi connectivity index (χ4n) is 3.76. The third kappa shape index (κ3) is 4.33. The van der Waals surface area contributed by atoms with Crippen molar-refractivity contribution in [3.63, 3.8) is 0 Å². The Hall–Kier alpha value is -2.05. The molecule has 0 saturated heterocycles. The van der Waals surface area contributed by atoms with Crippen molar-refractivity contribution in [1.82, 2.24) is 0 Å². The molecule has 3 rings (SSSR count). The Morgan fingerprint density at radius 3 is 2.68 bits per heavy atom. The lowest BCUT2D eigenvalue weighted by Crippen LogP contribution is -2.37. The molecule has 1 atom stereocenters. The molecule has 0 fully saturated rings. The van der Waals surface area contributed by atoms with E-state index in [2.05, 4.69) is 0 Å². The van der Waals surface area contributed by atoms with Crippen molar-refractivity contribution in [3.05, 3.63) is 58.6 Å². The number of sulfonamides is 1. The van der Waals surface area contributed by atoms with Crippen LogP contribution in [0.2, 0.25) is 5.02 Å². The van der Waals surface area contributed by atoms with Crippen LogP contribution in [0.15, 0.2) is 42.5 Å². The molecule has 0 bridgehead atoms. The predicted molar refractivity (Wildman–Crippen MR) is 115 cm³/mol. The van der Waals surface area contributed by atoms with E-state index >= 15 is 0 Å². The van der Waals surface area contributed by atoms with Gasteiger partial charge in [0.1, 0.15) is 0 Å². The number of carbonyl (C=O) groups is 1. The molecule has 1 aliphatic heterocycles. The number of hydrogen-bond acceptors (Lipinski definition) is 3. The van der Waals surface area contributed by atoms with E-state index in [-0.39, 0.29) is 24.9 Å². The Morgan fingerprint density at radius 1 is 1.25 bits per heavy atom. The summed E-state index contributed by atoms with van der Waals surface area (Å²) in [6.07, 6.45) is 2.74. The summed E-state index contributed by atoms with van der Waals surface area (Å²) in [7, 11) is -3.48. The molecule has 28 heavy (non-hydrogen) atoms. The number of anilines is 2. The van der Waals surface area contributed by atoms with Gasteiger partial charge in [0, 0.05) is 29.7 Å². The maximum atomic E-state index is 12.8. The first kappa shape index (κ1) is 20.7. The third-order valence-corrected chi connectivity index (χ3v) is 6.48. The average molecular weight is 421 g/mol. The van der Waals surface area contributed by atoms with Crippen molar-refractivity contribution >= 4 is 38.9 Å². The minimum Gasteiger partial charge on any atom is -0.309 e. The molecule has 1 heterocycles. The summed E-state index contributed by atoms with van der Waals surface area (Å²) >= 11 is 6.06. The van der Waals surface area contributed by atoms with Crippen molar-refractivity contribution in [1.29, 1.82) is 0 Å². The zero-order valence-corrected chi connectivity index (χ0v) is 17.9. The van der Waals surface area contributed by atoms with Gasteiger partial charge in [0.2, 0.25) is 15.9 Å². The fraction of sp³-hybridized carbons (Fsp3) is 0.381. The van der Waals surface area contributed by atoms with Gasteiger partial charge in [0.25, 0.3) is 0 Å². The Kier molecular flexibility index (Phi) is 6.01. The number of hydrogen-bond donors (Lipinski definition) is 0. The number of benzene rings is 2. The van der Waals surface area contributed by atoms with Crippen LogP contribution < -0.4 is 9.21 Å². The van der Waals surface area contributed by atoms with Crippen LogP contribution in [0.4, 0.5) is 11.4 Å². The second kappa shape index (κ2) is 8.13. The summed E-state index contributed by atoms with van der Waals surface area (Å²) in [4.78, 5) is 14.7. The number of rotatable bonds is 6. The monoisotopic (exact) mass is 420 g/mol. The van der Waals surface area contributed by atoms with E-state index in [0.717, 1.165) is 17.7 Å². The molecule has 0 saturated carbocycles. The average Bonchev–Trinajstić information content (AvgIpc) is 2.95. The van der Waals surface area contributed by atoms with E-state index in [0.29, 0.717) is 17.1 Å². The molecule has 0 aliphatic carbocycles. The molecule has 1 aliphatic rings. The van der Waals surface area contributed by atoms with Gasteiger partial charge in [-0.1, -0.05) is 35.9 Å². The van der Waals surface area contributed by atoms with Crippen molar-refractivity contribution in [2.24, 2.45) is 0 Å². The minimum atomic E-state index is -3.48. The van der Waals surface area contributed by atoms with Crippen molar-refractivity contribution in [3.8, 4) is 0 Å². The van der Waals surface area contributed by atoms with E-state index in [4.69, 9.17) is 11.6 Å². The van der Waals surface area contributed by atoms with E-state index in [1.807, 2.05) is 43.0 Å². The molecule has 5 nitrogen and oxygen atoms in total. The van der Waals surface area contributed by atoms with Gasteiger partial charge in [-0.05, 0) is 56.0 Å². The number of fused-ring (bicyclic) bond motifs is 1. The minimum absolute atomic E-state index is 0.0220. The molecule has 1 amide bonds. The number of carbonyl (C=O) groups excluding carboxylic acids is 1. The zero-order chi connectivity index (χ0) is 20.5. The van der Waals surface area contributed by atoms with E-state index in [9.17, 15) is 13.2 Å². The Balaban J connectivity index is 1.72. The van der Waals surface area contributed by atoms with Crippen molar-refractivity contribution in [2.45, 2.75) is 39.2 Å². The molecule has 7 heteroatoms. The summed E-state index contributed by atoms with van der Waals surface area (Å²) in [5.74, 6) is 0.0220. The summed E-state index contributed by atoms with van der Waals surface area (Å²) in [6, 6.07) is 13.2. The summed E-state index contributed by atoms with van der Waals surface area (Å²) in [5.41, 5.74) is 3.52. The molecule has 0 unspecified atom stereocenters. The van der Waals surface area contributed by atoms with E-state index in [1.165, 1.54) is 16.1 Å². The van der Waals surface area contributed by atoms with Crippen LogP contribution >= 0.6 is 11.6 Å². The van der Waals surface area contributed by atoms with Crippen molar-refractivity contribution in [2.75, 3.05) is 22.0 Å². The Bertz CT molecular complexity index is 991. The highest BCUT2D eigenvalue weighted by Crippen LogP contribution is 2.32. The SMILES string of the molecule is Cc1ccc(Cl)cc1N(CCCC(=O)N1c2ccccc2C[C@H]1C)S(C)(=O)=O. The standard InChI is InChI=1S/C21H25ClN2O3S/c1-15-10-11-18(22)14-20(15)23(28(3,26)27)12-6-9-21(25)24-16(2)13-17-7-4-5-8-19(17)24/h4-5,7-8,10-11,14,16H,6,9,12-13H2,1-3H3/t16-/m1/s1. The summed E-state index contributed by atoms with van der Waals surface area (Å²) in [6.45, 7) is 4.11. The number of nitrogens with zero attached hydrogens (tertiary/aromatic N) is 2. The molecule has 0 N–H and O–H groups in total. The van der Waals surface area contributed by atoms with Gasteiger partial charge < -0.3 is 4.90 Å². The van der Waals surface area contributed by atoms with Crippen LogP contribution in [-0.4, -0.2) is 33.2 Å². The fourth-order valence-corrected chi connectivity index (χ4v) is 4.94. The second-order valence-corrected chi connectivity index (χ2v) is 9.66. The molecule has 150 valence electrons. The molecule has 2 aromatic carbocycles. The number of para-hydroxylation sites is 1. The molecule has 0 aromatic heterocycles. The van der Waals surface area contributed by atoms with Gasteiger partial charge in [-0.2, -0.15) is 0 Å². The highest BCUT2D eigenvalue weighted by Gasteiger charge is 2.30. The zero-order valence-electron chi connectivity index (χ0n) is 16.4. The lowest BCUT2D eigenvalue weighted by Gasteiger charge is -2.26. The van der Waals surface area contributed by atoms with Gasteiger partial charge in [-0.3, -0.25) is 9.10 Å². The highest BCUT2D eigenvalue weighted by atomic mass is 35.5. The van der Waals surface area contributed by atoms with Gasteiger partial charge in [0.15, 0.2) is 0 Å². The molecular formula is C21H25ClN2O3S. The maximum Gasteiger partial charge on any atom is 0.232 e. The lowest BCUT2D eigenvalue weighted by molar-refractivity contribution is -0.118. The van der Waals surface area contributed by atoms with Crippen LogP contribution in [0.25, 0.3) is 0 Å². The molecule has 2 aromatic rings. The van der Waals surface area contributed by atoms with Gasteiger partial charge >= 0.3 is 0 Å². The number of halogens is 1. The van der Waals surface area contributed by atoms with Gasteiger partial charge in [0.05, 0.1) is 11.9 Å². The number of aryl methyl sites for hydroxylation is 1. The first-order valence-corrected chi connectivity index (χ1v) is 11.5. The first-order chi connectivity index (χ1) is 13.2. The second-order valence-electron chi connectivity index (χ2n) is 7.32. The summed E-state index contributed by atoms with van der Waals surface area (Å²) < 4.78 is 26.0. The lowest BCUT2D eigenvalue weighted by atomic mass is 10.1. The Morgan fingerprint density at radius 2 is 1.96 bits per heavy atom. The summed E-state index contributed by atoms with van der Waals surface area (Å²) in [5, 5.41) is 0.479. The maximum absolute atomic E-state index is 12.8. The largest absolute Gasteiger partial charge is 0.309 e. The molecular weight excluding hydrogens is 396 g/mol. The van der Waals surface area contributed by atoms with Gasteiger partial charge in [-0.15, -0.1) is 0 Å².